The smallest absolute Gasteiger partial charge is 0.332 e. The summed E-state index contributed by atoms with van der Waals surface area (Å²) in [4.78, 5) is 52.8. The lowest BCUT2D eigenvalue weighted by Crippen LogP contribution is -2.39. The predicted octanol–water partition coefficient (Wildman–Crippen LogP) is -0.447. The lowest BCUT2D eigenvalue weighted by Gasteiger charge is -2.19. The summed E-state index contributed by atoms with van der Waals surface area (Å²) in [6.07, 6.45) is 1.27. The first-order valence-electron chi connectivity index (χ1n) is 8.96. The van der Waals surface area contributed by atoms with Crippen molar-refractivity contribution in [1.29, 1.82) is 0 Å². The minimum atomic E-state index is -0.749. The van der Waals surface area contributed by atoms with Gasteiger partial charge in [-0.2, -0.15) is 0 Å². The van der Waals surface area contributed by atoms with Crippen molar-refractivity contribution in [2.24, 2.45) is 14.1 Å². The first-order chi connectivity index (χ1) is 14.3. The Kier molecular flexibility index (Phi) is 4.74. The average Bonchev–Trinajstić information content (AvgIpc) is 3.14. The van der Waals surface area contributed by atoms with Crippen molar-refractivity contribution in [3.05, 3.63) is 45.4 Å². The molecule has 0 bridgehead atoms. The molecular formula is C18H18N6O6. The highest BCUT2D eigenvalue weighted by atomic mass is 16.6. The molecule has 2 aromatic heterocycles. The zero-order valence-corrected chi connectivity index (χ0v) is 16.2. The lowest BCUT2D eigenvalue weighted by atomic mass is 10.2. The van der Waals surface area contributed by atoms with Gasteiger partial charge in [0.25, 0.3) is 5.56 Å². The van der Waals surface area contributed by atoms with E-state index in [4.69, 9.17) is 9.47 Å². The molecule has 12 nitrogen and oxygen atoms in total. The number of carbonyl (C=O) groups excluding carboxylic acids is 2. The number of nitrogens with one attached hydrogen (secondary N) is 2. The van der Waals surface area contributed by atoms with Gasteiger partial charge in [-0.1, -0.05) is 0 Å². The number of anilines is 1. The fraction of sp³-hybridized carbons (Fsp3) is 0.278. The number of benzene rings is 1. The number of carbonyl (C=O) groups is 2. The second-order valence-corrected chi connectivity index (χ2v) is 6.61. The van der Waals surface area contributed by atoms with E-state index in [9.17, 15) is 19.2 Å². The molecular weight excluding hydrogens is 396 g/mol. The van der Waals surface area contributed by atoms with E-state index in [1.807, 2.05) is 0 Å². The number of hydrogen-bond donors (Lipinski definition) is 2. The second-order valence-electron chi connectivity index (χ2n) is 6.61. The largest absolute Gasteiger partial charge is 0.486 e. The number of nitrogens with zero attached hydrogens (tertiary/aromatic N) is 4. The first-order valence-corrected chi connectivity index (χ1v) is 8.96. The highest BCUT2D eigenvalue weighted by molar-refractivity contribution is 6.01. The van der Waals surface area contributed by atoms with Gasteiger partial charge < -0.3 is 19.4 Å². The standard InChI is InChI=1S/C18H18N6O6/c1-22-15-14(16(26)23(2)18(22)28)24(9-19-15)8-13(25)21-17(27)20-10-3-4-11-12(7-10)30-6-5-29-11/h3-4,7,9H,5-6,8H2,1-2H3,(H2,20,21,25,27). The van der Waals surface area contributed by atoms with Crippen LogP contribution in [0.25, 0.3) is 11.2 Å². The van der Waals surface area contributed by atoms with Gasteiger partial charge >= 0.3 is 11.7 Å². The molecule has 0 radical (unpaired) electrons. The Morgan fingerprint density at radius 2 is 1.83 bits per heavy atom. The van der Waals surface area contributed by atoms with Crippen LogP contribution < -0.4 is 31.4 Å². The number of fused-ring (bicyclic) bond motifs is 2. The number of urea groups is 1. The van der Waals surface area contributed by atoms with Crippen molar-refractivity contribution >= 4 is 28.8 Å². The third-order valence-electron chi connectivity index (χ3n) is 4.58. The van der Waals surface area contributed by atoms with Gasteiger partial charge in [0.05, 0.1) is 6.33 Å². The number of aryl methyl sites for hydroxylation is 1. The van der Waals surface area contributed by atoms with Crippen LogP contribution in [-0.4, -0.2) is 43.8 Å². The van der Waals surface area contributed by atoms with Gasteiger partial charge in [-0.3, -0.25) is 24.0 Å². The molecule has 2 N–H and O–H groups in total. The summed E-state index contributed by atoms with van der Waals surface area (Å²) < 4.78 is 14.3. The van der Waals surface area contributed by atoms with Gasteiger partial charge in [0.1, 0.15) is 19.8 Å². The van der Waals surface area contributed by atoms with E-state index in [1.54, 1.807) is 18.2 Å². The Hall–Kier alpha value is -4.09. The van der Waals surface area contributed by atoms with Crippen LogP contribution in [0.3, 0.4) is 0 Å². The van der Waals surface area contributed by atoms with Gasteiger partial charge in [-0.05, 0) is 12.1 Å². The summed E-state index contributed by atoms with van der Waals surface area (Å²) in [5, 5.41) is 4.72. The molecule has 0 saturated heterocycles. The van der Waals surface area contributed by atoms with Crippen LogP contribution in [0.15, 0.2) is 34.1 Å². The summed E-state index contributed by atoms with van der Waals surface area (Å²) in [7, 11) is 2.81. The predicted molar refractivity (Wildman–Crippen MR) is 105 cm³/mol. The van der Waals surface area contributed by atoms with E-state index in [0.29, 0.717) is 30.4 Å². The summed E-state index contributed by atoms with van der Waals surface area (Å²) in [6.45, 7) is 0.526. The molecule has 156 valence electrons. The van der Waals surface area contributed by atoms with E-state index in [-0.39, 0.29) is 17.7 Å². The average molecular weight is 414 g/mol. The summed E-state index contributed by atoms with van der Waals surface area (Å²) in [6, 6.07) is 4.11. The molecule has 1 aromatic carbocycles. The molecule has 0 atom stereocenters. The van der Waals surface area contributed by atoms with Crippen LogP contribution >= 0.6 is 0 Å². The normalized spacial score (nSPS) is 12.6. The van der Waals surface area contributed by atoms with Crippen LogP contribution in [0.4, 0.5) is 10.5 Å². The highest BCUT2D eigenvalue weighted by Gasteiger charge is 2.17. The monoisotopic (exact) mass is 414 g/mol. The fourth-order valence-electron chi connectivity index (χ4n) is 3.12. The maximum atomic E-state index is 12.4. The molecule has 0 fully saturated rings. The molecule has 3 amide bonds. The SMILES string of the molecule is Cn1c(=O)c2c(ncn2CC(=O)NC(=O)Nc2ccc3c(c2)OCCO3)n(C)c1=O. The van der Waals surface area contributed by atoms with Crippen molar-refractivity contribution in [3.8, 4) is 11.5 Å². The number of imidazole rings is 1. The van der Waals surface area contributed by atoms with E-state index >= 15 is 0 Å². The molecule has 0 spiro atoms. The molecule has 0 aliphatic carbocycles. The second kappa shape index (κ2) is 7.39. The first kappa shape index (κ1) is 19.2. The van der Waals surface area contributed by atoms with E-state index in [2.05, 4.69) is 15.6 Å². The van der Waals surface area contributed by atoms with E-state index < -0.39 is 23.2 Å². The molecule has 0 saturated carbocycles. The molecule has 1 aliphatic rings. The fourth-order valence-corrected chi connectivity index (χ4v) is 3.12. The molecule has 3 heterocycles. The lowest BCUT2D eigenvalue weighted by molar-refractivity contribution is -0.120. The number of hydrogen-bond acceptors (Lipinski definition) is 7. The van der Waals surface area contributed by atoms with Crippen LogP contribution in [-0.2, 0) is 25.4 Å². The van der Waals surface area contributed by atoms with Gasteiger partial charge in [0, 0.05) is 25.8 Å². The van der Waals surface area contributed by atoms with Gasteiger partial charge in [-0.25, -0.2) is 14.6 Å². The summed E-state index contributed by atoms with van der Waals surface area (Å²) in [5.74, 6) is 0.406. The number of imide groups is 1. The third-order valence-corrected chi connectivity index (χ3v) is 4.58. The van der Waals surface area contributed by atoms with Gasteiger partial charge in [0.2, 0.25) is 5.91 Å². The van der Waals surface area contributed by atoms with Crippen molar-refractivity contribution in [2.45, 2.75) is 6.54 Å². The molecule has 0 unspecified atom stereocenters. The molecule has 1 aliphatic heterocycles. The van der Waals surface area contributed by atoms with Gasteiger partial charge in [0.15, 0.2) is 22.7 Å². The minimum absolute atomic E-state index is 0.0852. The topological polar surface area (TPSA) is 138 Å². The number of rotatable bonds is 3. The molecule has 4 rings (SSSR count). The van der Waals surface area contributed by atoms with Crippen LogP contribution in [0.5, 0.6) is 11.5 Å². The maximum Gasteiger partial charge on any atom is 0.332 e. The quantitative estimate of drug-likeness (QED) is 0.592. The van der Waals surface area contributed by atoms with Crippen LogP contribution in [0.1, 0.15) is 0 Å². The Labute approximate surface area is 168 Å². The third kappa shape index (κ3) is 3.38. The van der Waals surface area contributed by atoms with Crippen LogP contribution in [0.2, 0.25) is 0 Å². The molecule has 12 heteroatoms. The summed E-state index contributed by atoms with van der Waals surface area (Å²) >= 11 is 0. The zero-order chi connectivity index (χ0) is 21.4. The van der Waals surface area contributed by atoms with E-state index in [1.165, 1.54) is 29.6 Å². The zero-order valence-electron chi connectivity index (χ0n) is 16.2. The van der Waals surface area contributed by atoms with Crippen molar-refractivity contribution in [2.75, 3.05) is 18.5 Å². The molecule has 3 aromatic rings. The number of ether oxygens (including phenoxy) is 2. The van der Waals surface area contributed by atoms with Crippen molar-refractivity contribution < 1.29 is 19.1 Å². The Morgan fingerprint density at radius 1 is 1.10 bits per heavy atom. The molecule has 30 heavy (non-hydrogen) atoms. The summed E-state index contributed by atoms with van der Waals surface area (Å²) in [5.41, 5.74) is -0.458. The Balaban J connectivity index is 1.47. The minimum Gasteiger partial charge on any atom is -0.486 e. The Bertz CT molecular complexity index is 1290. The van der Waals surface area contributed by atoms with E-state index in [0.717, 1.165) is 4.57 Å². The number of aromatic nitrogens is 4. The Morgan fingerprint density at radius 3 is 2.60 bits per heavy atom. The number of amides is 3. The van der Waals surface area contributed by atoms with Crippen molar-refractivity contribution in [3.63, 3.8) is 0 Å². The van der Waals surface area contributed by atoms with Gasteiger partial charge in [-0.15, -0.1) is 0 Å². The maximum absolute atomic E-state index is 12.4. The van der Waals surface area contributed by atoms with Crippen LogP contribution in [0, 0.1) is 0 Å². The van der Waals surface area contributed by atoms with Crippen molar-refractivity contribution in [1.82, 2.24) is 24.0 Å². The highest BCUT2D eigenvalue weighted by Crippen LogP contribution is 2.32.